The Morgan fingerprint density at radius 1 is 0.590 bits per heavy atom. The largest absolute Gasteiger partial charge is 0.418 e. The van der Waals surface area contributed by atoms with Gasteiger partial charge in [0.2, 0.25) is 20.0 Å². The minimum absolute atomic E-state index is 0.0394. The molecule has 4 fully saturated rings. The van der Waals surface area contributed by atoms with E-state index in [1.54, 1.807) is 74.1 Å². The van der Waals surface area contributed by atoms with Gasteiger partial charge in [-0.3, -0.25) is 29.4 Å². The molecule has 11 rings (SSSR count). The number of nitrogens with zero attached hydrogens (tertiary/aromatic N) is 8. The molecule has 8 heterocycles. The summed E-state index contributed by atoms with van der Waals surface area (Å²) in [5.74, 6) is -1.78. The summed E-state index contributed by atoms with van der Waals surface area (Å²) in [5, 5.41) is 23.2. The van der Waals surface area contributed by atoms with Gasteiger partial charge in [0, 0.05) is 24.5 Å². The van der Waals surface area contributed by atoms with Crippen molar-refractivity contribution in [2.24, 2.45) is 10.3 Å². The van der Waals surface area contributed by atoms with E-state index in [0.717, 1.165) is 0 Å². The van der Waals surface area contributed by atoms with Crippen LogP contribution >= 0.6 is 0 Å². The number of rotatable bonds is 12. The SMILES string of the molecule is CCNC(=O)[C@H]1O[C@@H](n2cnc3c(NC(=O)Nc4cccc(S(N)(=O)=O)c4)ncnc32)[C@@H]2OC(C)(C)O[C@@H]21.CCNC(=O)[C@H]1O[C@@H](n2cnc3c(NC(=O)Oc4ccccc4)ncnc32)[C@@H]2OC(C)(C)O[C@@H]21.Nc1cccc(S(N)(=O)=O)c1. The quantitative estimate of drug-likeness (QED) is 0.0815. The van der Waals surface area contributed by atoms with E-state index in [4.69, 9.17) is 49.2 Å². The molecule has 4 saturated heterocycles. The fourth-order valence-electron chi connectivity index (χ4n) is 9.26. The first kappa shape index (κ1) is 59.2. The second-order valence-corrected chi connectivity index (χ2v) is 22.6. The van der Waals surface area contributed by atoms with E-state index >= 15 is 0 Å². The van der Waals surface area contributed by atoms with Crippen molar-refractivity contribution in [3.8, 4) is 5.75 Å². The standard InChI is InChI=1S/C22H26N8O7S.C22H24N6O6.C6H8N2O2S/c1-4-24-19(31)15-14-16(37-22(2,3)36-14)20(35-15)30-10-27-13-17(25-9-26-18(13)30)29-21(32)28-11-6-5-7-12(8-11)38(23,33)34;1-4-23-19(29)15-14-16(34-22(2,3)33-14)20(32-15)28-11-26-13-17(24-10-25-18(13)28)27-21(30)31-12-8-6-5-7-9-12;7-5-2-1-3-6(4-5)11(8,9)10/h5-10,14-16,20H,4H2,1-3H3,(H,24,31)(H2,23,33,34)(H2,25,26,28,29,32);5-11,14-16,20H,4H2,1-3H3,(H,23,29)(H,24,25,27,30);1-4H,7H2,(H2,8,9,10)/t2*14-,15+,16-,20-;/m11./s1. The summed E-state index contributed by atoms with van der Waals surface area (Å²) < 4.78 is 89.3. The number of imidazole rings is 2. The van der Waals surface area contributed by atoms with Gasteiger partial charge in [-0.2, -0.15) is 0 Å². The first-order valence-corrected chi connectivity index (χ1v) is 28.5. The maximum Gasteiger partial charge on any atom is 0.418 e. The number of urea groups is 1. The van der Waals surface area contributed by atoms with Crippen molar-refractivity contribution in [1.82, 2.24) is 49.7 Å². The van der Waals surface area contributed by atoms with Crippen molar-refractivity contribution in [3.05, 3.63) is 104 Å². The highest BCUT2D eigenvalue weighted by Gasteiger charge is 2.59. The number of fused-ring (bicyclic) bond motifs is 4. The van der Waals surface area contributed by atoms with Gasteiger partial charge in [0.05, 0.1) is 22.4 Å². The highest BCUT2D eigenvalue weighted by Crippen LogP contribution is 2.45. The molecule has 4 aliphatic heterocycles. The number of nitrogens with one attached hydrogen (secondary N) is 5. The monoisotopic (exact) mass is 1190 g/mol. The average Bonchev–Trinajstić information content (AvgIpc) is 2.03. The summed E-state index contributed by atoms with van der Waals surface area (Å²) in [6.45, 7) is 11.6. The van der Waals surface area contributed by atoms with E-state index in [-0.39, 0.29) is 44.4 Å². The zero-order valence-corrected chi connectivity index (χ0v) is 46.7. The number of amides is 5. The second kappa shape index (κ2) is 23.8. The fourth-order valence-corrected chi connectivity index (χ4v) is 10.4. The molecule has 31 nitrogen and oxygen atoms in total. The molecule has 4 aliphatic rings. The molecule has 7 aromatic rings. The van der Waals surface area contributed by atoms with Gasteiger partial charge < -0.3 is 54.8 Å². The highest BCUT2D eigenvalue weighted by molar-refractivity contribution is 7.89. The molecular formula is C50H58N16O15S2. The van der Waals surface area contributed by atoms with E-state index in [2.05, 4.69) is 56.5 Å². The molecule has 4 aromatic heterocycles. The van der Waals surface area contributed by atoms with Crippen LogP contribution in [0.1, 0.15) is 54.0 Å². The minimum atomic E-state index is -3.94. The number of nitrogen functional groups attached to an aromatic ring is 1. The van der Waals surface area contributed by atoms with E-state index in [9.17, 15) is 36.0 Å². The first-order valence-electron chi connectivity index (χ1n) is 25.4. The van der Waals surface area contributed by atoms with E-state index in [0.29, 0.717) is 41.3 Å². The van der Waals surface area contributed by atoms with Crippen LogP contribution in [0.15, 0.2) is 114 Å². The Morgan fingerprint density at radius 3 is 1.53 bits per heavy atom. The van der Waals surface area contributed by atoms with E-state index in [1.807, 2.05) is 13.0 Å². The topological polar surface area (TPSA) is 427 Å². The van der Waals surface area contributed by atoms with E-state index < -0.39 is 92.8 Å². The molecule has 5 amide bonds. The highest BCUT2D eigenvalue weighted by atomic mass is 32.2. The van der Waals surface area contributed by atoms with Crippen molar-refractivity contribution in [2.45, 2.75) is 112 Å². The summed E-state index contributed by atoms with van der Waals surface area (Å²) in [5.41, 5.74) is 7.21. The normalized spacial score (nSPS) is 22.9. The summed E-state index contributed by atoms with van der Waals surface area (Å²) in [4.78, 5) is 75.7. The molecule has 83 heavy (non-hydrogen) atoms. The third kappa shape index (κ3) is 13.4. The third-order valence-electron chi connectivity index (χ3n) is 12.6. The van der Waals surface area contributed by atoms with Crippen LogP contribution in [0, 0.1) is 0 Å². The molecule has 0 bridgehead atoms. The van der Waals surface area contributed by atoms with Gasteiger partial charge in [0.25, 0.3) is 11.8 Å². The number of hydrogen-bond donors (Lipinski definition) is 8. The number of para-hydroxylation sites is 1. The van der Waals surface area contributed by atoms with Gasteiger partial charge in [-0.15, -0.1) is 0 Å². The van der Waals surface area contributed by atoms with Crippen molar-refractivity contribution >= 4 is 89.3 Å². The zero-order valence-electron chi connectivity index (χ0n) is 45.1. The lowest BCUT2D eigenvalue weighted by Gasteiger charge is -2.24. The molecule has 3 aromatic carbocycles. The van der Waals surface area contributed by atoms with Crippen molar-refractivity contribution in [1.29, 1.82) is 0 Å². The first-order chi connectivity index (χ1) is 39.3. The number of primary sulfonamides is 2. The number of hydrogen-bond acceptors (Lipinski definition) is 22. The molecule has 0 unspecified atom stereocenters. The number of aromatic nitrogens is 8. The van der Waals surface area contributed by atoms with Gasteiger partial charge in [-0.1, -0.05) is 30.3 Å². The predicted octanol–water partition coefficient (Wildman–Crippen LogP) is 2.58. The summed E-state index contributed by atoms with van der Waals surface area (Å²) in [7, 11) is -7.55. The summed E-state index contributed by atoms with van der Waals surface area (Å²) in [6, 6.07) is 19.3. The second-order valence-electron chi connectivity index (χ2n) is 19.5. The van der Waals surface area contributed by atoms with Crippen LogP contribution < -0.4 is 47.3 Å². The van der Waals surface area contributed by atoms with Crippen LogP contribution in [-0.2, 0) is 58.1 Å². The minimum Gasteiger partial charge on any atom is -0.410 e. The van der Waals surface area contributed by atoms with Crippen molar-refractivity contribution in [3.63, 3.8) is 0 Å². The molecule has 33 heteroatoms. The molecule has 0 spiro atoms. The number of benzene rings is 3. The van der Waals surface area contributed by atoms with Crippen LogP contribution in [0.2, 0.25) is 0 Å². The van der Waals surface area contributed by atoms with Crippen LogP contribution in [0.4, 0.5) is 32.6 Å². The summed E-state index contributed by atoms with van der Waals surface area (Å²) >= 11 is 0. The van der Waals surface area contributed by atoms with Gasteiger partial charge in [0.1, 0.15) is 42.8 Å². The molecule has 0 aliphatic carbocycles. The Morgan fingerprint density at radius 2 is 1.06 bits per heavy atom. The third-order valence-corrected chi connectivity index (χ3v) is 14.4. The molecule has 0 saturated carbocycles. The smallest absolute Gasteiger partial charge is 0.410 e. The maximum atomic E-state index is 12.7. The Bertz CT molecular complexity index is 3800. The lowest BCUT2D eigenvalue weighted by Crippen LogP contribution is -2.42. The Kier molecular flexibility index (Phi) is 17.0. The van der Waals surface area contributed by atoms with E-state index in [1.165, 1.54) is 67.8 Å². The van der Waals surface area contributed by atoms with Crippen molar-refractivity contribution < 1.29 is 69.2 Å². The molecule has 11 N–H and O–H groups in total. The number of ether oxygens (including phenoxy) is 7. The number of anilines is 4. The van der Waals surface area contributed by atoms with Crippen LogP contribution in [0.3, 0.4) is 0 Å². The Labute approximate surface area is 473 Å². The molecule has 0 radical (unpaired) electrons. The van der Waals surface area contributed by atoms with Crippen LogP contribution in [0.5, 0.6) is 5.75 Å². The predicted molar refractivity (Wildman–Crippen MR) is 292 cm³/mol. The van der Waals surface area contributed by atoms with Gasteiger partial charge >= 0.3 is 12.1 Å². The van der Waals surface area contributed by atoms with Gasteiger partial charge in [-0.05, 0) is 90.1 Å². The van der Waals surface area contributed by atoms with Crippen LogP contribution in [0.25, 0.3) is 22.3 Å². The molecule has 440 valence electrons. The van der Waals surface area contributed by atoms with Gasteiger partial charge in [0.15, 0.2) is 70.2 Å². The summed E-state index contributed by atoms with van der Waals surface area (Å²) in [6.07, 6.45) is -1.01. The van der Waals surface area contributed by atoms with Gasteiger partial charge in [-0.25, -0.2) is 66.6 Å². The number of sulfonamides is 2. The molecule has 8 atom stereocenters. The Hall–Kier alpha value is -8.38. The average molecular weight is 1190 g/mol. The maximum absolute atomic E-state index is 12.7. The molecular weight excluding hydrogens is 1130 g/mol. The lowest BCUT2D eigenvalue weighted by atomic mass is 10.1. The number of carbonyl (C=O) groups is 4. The number of carbonyl (C=O) groups excluding carboxylic acids is 4. The number of nitrogens with two attached hydrogens (primary N) is 3. The zero-order chi connectivity index (χ0) is 59.6. The van der Waals surface area contributed by atoms with Crippen molar-refractivity contribution in [2.75, 3.05) is 34.8 Å². The Balaban J connectivity index is 0.000000169. The number of likely N-dealkylation sites (N-methyl/N-ethyl adjacent to an activating group) is 2. The lowest BCUT2D eigenvalue weighted by molar-refractivity contribution is -0.198. The van der Waals surface area contributed by atoms with Crippen LogP contribution in [-0.4, -0.2) is 141 Å². The fraction of sp³-hybridized carbons (Fsp3) is 0.360.